The van der Waals surface area contributed by atoms with Crippen molar-refractivity contribution in [2.45, 2.75) is 18.9 Å². The number of nitrogens with one attached hydrogen (secondary N) is 2. The number of anilines is 2. The molecule has 0 spiro atoms. The zero-order valence-electron chi connectivity index (χ0n) is 10.6. The third-order valence-electron chi connectivity index (χ3n) is 2.81. The minimum atomic E-state index is -0.531. The molecule has 0 bridgehead atoms. The largest absolute Gasteiger partial charge is 0.453 e. The lowest BCUT2D eigenvalue weighted by Gasteiger charge is -2.11. The number of hydrogen-bond donors (Lipinski definition) is 2. The summed E-state index contributed by atoms with van der Waals surface area (Å²) in [5.74, 6) is -0.133. The second kappa shape index (κ2) is 6.19. The predicted molar refractivity (Wildman–Crippen MR) is 70.1 cm³/mol. The molecule has 1 atom stereocenters. The van der Waals surface area contributed by atoms with Gasteiger partial charge in [0, 0.05) is 18.0 Å². The lowest BCUT2D eigenvalue weighted by Crippen LogP contribution is -2.26. The number of carbonyl (C=O) groups is 2. The summed E-state index contributed by atoms with van der Waals surface area (Å²) in [5.41, 5.74) is 1.26. The predicted octanol–water partition coefficient (Wildman–Crippen LogP) is 1.98. The maximum absolute atomic E-state index is 11.8. The van der Waals surface area contributed by atoms with Crippen LogP contribution in [0.5, 0.6) is 0 Å². The van der Waals surface area contributed by atoms with E-state index in [0.29, 0.717) is 18.0 Å². The third kappa shape index (κ3) is 3.69. The standard InChI is InChI=1S/C13H16N2O4/c1-18-13(17)15-10-6-4-9(5-7-10)14-12(16)11-3-2-8-19-11/h4-7,11H,2-3,8H2,1H3,(H,14,16)(H,15,17)/t11-/m1/s1. The molecular formula is C13H16N2O4. The summed E-state index contributed by atoms with van der Waals surface area (Å²) in [6, 6.07) is 6.78. The number of benzene rings is 1. The first-order valence-corrected chi connectivity index (χ1v) is 6.06. The Hall–Kier alpha value is -2.08. The van der Waals surface area contributed by atoms with E-state index in [1.807, 2.05) is 0 Å². The molecule has 0 aliphatic carbocycles. The number of amides is 2. The number of rotatable bonds is 3. The van der Waals surface area contributed by atoms with Crippen molar-refractivity contribution in [2.24, 2.45) is 0 Å². The van der Waals surface area contributed by atoms with Gasteiger partial charge in [0.1, 0.15) is 6.10 Å². The van der Waals surface area contributed by atoms with Gasteiger partial charge in [-0.05, 0) is 37.1 Å². The lowest BCUT2D eigenvalue weighted by molar-refractivity contribution is -0.124. The molecule has 2 rings (SSSR count). The quantitative estimate of drug-likeness (QED) is 0.875. The average Bonchev–Trinajstić information content (AvgIpc) is 2.95. The SMILES string of the molecule is COC(=O)Nc1ccc(NC(=O)[C@H]2CCCO2)cc1. The third-order valence-corrected chi connectivity index (χ3v) is 2.81. The van der Waals surface area contributed by atoms with E-state index in [0.717, 1.165) is 12.8 Å². The van der Waals surface area contributed by atoms with Crippen LogP contribution in [-0.2, 0) is 14.3 Å². The Balaban J connectivity index is 1.91. The van der Waals surface area contributed by atoms with Crippen molar-refractivity contribution in [1.29, 1.82) is 0 Å². The fourth-order valence-corrected chi connectivity index (χ4v) is 1.81. The maximum atomic E-state index is 11.8. The van der Waals surface area contributed by atoms with Crippen molar-refractivity contribution in [1.82, 2.24) is 0 Å². The van der Waals surface area contributed by atoms with Crippen LogP contribution in [0.2, 0.25) is 0 Å². The molecule has 0 unspecified atom stereocenters. The Morgan fingerprint density at radius 1 is 1.21 bits per heavy atom. The molecule has 2 amide bonds. The first kappa shape index (κ1) is 13.4. The highest BCUT2D eigenvalue weighted by atomic mass is 16.5. The topological polar surface area (TPSA) is 76.7 Å². The summed E-state index contributed by atoms with van der Waals surface area (Å²) in [6.45, 7) is 0.639. The van der Waals surface area contributed by atoms with Crippen molar-refractivity contribution < 1.29 is 19.1 Å². The van der Waals surface area contributed by atoms with Crippen LogP contribution in [0.3, 0.4) is 0 Å². The molecule has 0 radical (unpaired) electrons. The van der Waals surface area contributed by atoms with Crippen LogP contribution in [0.15, 0.2) is 24.3 Å². The summed E-state index contributed by atoms with van der Waals surface area (Å²) in [4.78, 5) is 22.8. The van der Waals surface area contributed by atoms with Crippen molar-refractivity contribution in [3.8, 4) is 0 Å². The smallest absolute Gasteiger partial charge is 0.411 e. The first-order valence-electron chi connectivity index (χ1n) is 6.06. The van der Waals surface area contributed by atoms with E-state index in [9.17, 15) is 9.59 Å². The van der Waals surface area contributed by atoms with E-state index >= 15 is 0 Å². The second-order valence-electron chi connectivity index (χ2n) is 4.18. The average molecular weight is 264 g/mol. The molecule has 1 aliphatic heterocycles. The van der Waals surface area contributed by atoms with Crippen LogP contribution in [0.1, 0.15) is 12.8 Å². The van der Waals surface area contributed by atoms with Crippen LogP contribution < -0.4 is 10.6 Å². The summed E-state index contributed by atoms with van der Waals surface area (Å²) in [5, 5.41) is 5.30. The fourth-order valence-electron chi connectivity index (χ4n) is 1.81. The molecule has 0 aromatic heterocycles. The molecule has 6 heteroatoms. The van der Waals surface area contributed by atoms with E-state index in [1.54, 1.807) is 24.3 Å². The Kier molecular flexibility index (Phi) is 4.35. The van der Waals surface area contributed by atoms with Gasteiger partial charge in [-0.1, -0.05) is 0 Å². The van der Waals surface area contributed by atoms with Gasteiger partial charge >= 0.3 is 6.09 Å². The normalized spacial score (nSPS) is 17.8. The van der Waals surface area contributed by atoms with E-state index in [2.05, 4.69) is 15.4 Å². The highest BCUT2D eigenvalue weighted by Crippen LogP contribution is 2.17. The second-order valence-corrected chi connectivity index (χ2v) is 4.18. The van der Waals surface area contributed by atoms with E-state index in [1.165, 1.54) is 7.11 Å². The molecule has 102 valence electrons. The highest BCUT2D eigenvalue weighted by molar-refractivity contribution is 5.94. The van der Waals surface area contributed by atoms with Crippen LogP contribution in [-0.4, -0.2) is 31.8 Å². The zero-order valence-corrected chi connectivity index (χ0v) is 10.6. The molecule has 1 saturated heterocycles. The Morgan fingerprint density at radius 2 is 1.84 bits per heavy atom. The maximum Gasteiger partial charge on any atom is 0.411 e. The fraction of sp³-hybridized carbons (Fsp3) is 0.385. The minimum Gasteiger partial charge on any atom is -0.453 e. The summed E-state index contributed by atoms with van der Waals surface area (Å²) >= 11 is 0. The lowest BCUT2D eigenvalue weighted by atomic mass is 10.2. The summed E-state index contributed by atoms with van der Waals surface area (Å²) in [7, 11) is 1.30. The van der Waals surface area contributed by atoms with Gasteiger partial charge in [0.2, 0.25) is 0 Å². The van der Waals surface area contributed by atoms with Crippen molar-refractivity contribution in [3.05, 3.63) is 24.3 Å². The Morgan fingerprint density at radius 3 is 2.37 bits per heavy atom. The first-order chi connectivity index (χ1) is 9.19. The minimum absolute atomic E-state index is 0.133. The monoisotopic (exact) mass is 264 g/mol. The van der Waals surface area contributed by atoms with Gasteiger partial charge in [0.05, 0.1) is 7.11 Å². The number of hydrogen-bond acceptors (Lipinski definition) is 4. The van der Waals surface area contributed by atoms with E-state index in [4.69, 9.17) is 4.74 Å². The van der Waals surface area contributed by atoms with Gasteiger partial charge in [-0.3, -0.25) is 10.1 Å². The molecular weight excluding hydrogens is 248 g/mol. The van der Waals surface area contributed by atoms with Gasteiger partial charge in [-0.15, -0.1) is 0 Å². The van der Waals surface area contributed by atoms with Gasteiger partial charge in [0.25, 0.3) is 5.91 Å². The molecule has 19 heavy (non-hydrogen) atoms. The molecule has 1 aromatic rings. The van der Waals surface area contributed by atoms with Crippen molar-refractivity contribution >= 4 is 23.4 Å². The molecule has 6 nitrogen and oxygen atoms in total. The van der Waals surface area contributed by atoms with Gasteiger partial charge in [-0.25, -0.2) is 4.79 Å². The highest BCUT2D eigenvalue weighted by Gasteiger charge is 2.23. The molecule has 1 heterocycles. The molecule has 1 aromatic carbocycles. The molecule has 1 fully saturated rings. The molecule has 0 saturated carbocycles. The van der Waals surface area contributed by atoms with Crippen LogP contribution in [0.25, 0.3) is 0 Å². The van der Waals surface area contributed by atoms with Crippen molar-refractivity contribution in [2.75, 3.05) is 24.4 Å². The number of methoxy groups -OCH3 is 1. The summed E-state index contributed by atoms with van der Waals surface area (Å²) in [6.07, 6.45) is 0.789. The number of ether oxygens (including phenoxy) is 2. The van der Waals surface area contributed by atoms with Gasteiger partial charge < -0.3 is 14.8 Å². The molecule has 2 N–H and O–H groups in total. The van der Waals surface area contributed by atoms with E-state index < -0.39 is 6.09 Å². The zero-order chi connectivity index (χ0) is 13.7. The van der Waals surface area contributed by atoms with Crippen LogP contribution in [0.4, 0.5) is 16.2 Å². The van der Waals surface area contributed by atoms with Gasteiger partial charge in [-0.2, -0.15) is 0 Å². The Bertz CT molecular complexity index is 452. The van der Waals surface area contributed by atoms with Gasteiger partial charge in [0.15, 0.2) is 0 Å². The van der Waals surface area contributed by atoms with E-state index in [-0.39, 0.29) is 12.0 Å². The Labute approximate surface area is 111 Å². The van der Waals surface area contributed by atoms with Crippen LogP contribution >= 0.6 is 0 Å². The van der Waals surface area contributed by atoms with Crippen LogP contribution in [0, 0.1) is 0 Å². The summed E-state index contributed by atoms with van der Waals surface area (Å²) < 4.78 is 9.77. The number of carbonyl (C=O) groups excluding carboxylic acids is 2. The molecule has 1 aliphatic rings. The van der Waals surface area contributed by atoms with Crippen molar-refractivity contribution in [3.63, 3.8) is 0 Å².